The van der Waals surface area contributed by atoms with Gasteiger partial charge in [-0.2, -0.15) is 0 Å². The molecule has 0 spiro atoms. The van der Waals surface area contributed by atoms with Crippen LogP contribution in [0.4, 0.5) is 0 Å². The molecular weight excluding hydrogens is 911 g/mol. The summed E-state index contributed by atoms with van der Waals surface area (Å²) in [7, 11) is 0. The number of unbranched alkanes of at least 4 members (excludes halogenated alkanes) is 45. The Balaban J connectivity index is 3.35. The highest BCUT2D eigenvalue weighted by Gasteiger charge is 2.20. The largest absolute Gasteiger partial charge is 0.466 e. The van der Waals surface area contributed by atoms with Crippen molar-refractivity contribution in [2.75, 3.05) is 13.2 Å². The lowest BCUT2D eigenvalue weighted by molar-refractivity contribution is -0.143. The number of ether oxygens (including phenoxy) is 1. The van der Waals surface area contributed by atoms with Crippen LogP contribution in [0.5, 0.6) is 0 Å². The SMILES string of the molecule is CCCC/C=C\CCCCCCCC(=O)OCCCCCCCCCCCCC/C=C\C/C=C\CCCCCCCCCCCCCCCCCCCC(=O)NC(CO)C(O)CCCCCCCCCCCCC. The maximum absolute atomic E-state index is 12.5. The second-order valence-electron chi connectivity index (χ2n) is 22.8. The van der Waals surface area contributed by atoms with Gasteiger partial charge < -0.3 is 20.3 Å². The molecule has 0 radical (unpaired) electrons. The van der Waals surface area contributed by atoms with Crippen molar-refractivity contribution < 1.29 is 24.5 Å². The molecule has 0 bridgehead atoms. The second-order valence-corrected chi connectivity index (χ2v) is 22.8. The Hall–Kier alpha value is -1.92. The van der Waals surface area contributed by atoms with E-state index in [0.29, 0.717) is 25.9 Å². The Labute approximate surface area is 462 Å². The third-order valence-electron chi connectivity index (χ3n) is 15.4. The monoisotopic (exact) mass is 1040 g/mol. The van der Waals surface area contributed by atoms with Gasteiger partial charge in [-0.15, -0.1) is 0 Å². The van der Waals surface area contributed by atoms with Crippen LogP contribution in [0.15, 0.2) is 36.5 Å². The van der Waals surface area contributed by atoms with Crippen molar-refractivity contribution >= 4 is 11.9 Å². The van der Waals surface area contributed by atoms with Crippen molar-refractivity contribution in [3.63, 3.8) is 0 Å². The number of hydrogen-bond donors (Lipinski definition) is 3. The molecule has 0 aromatic carbocycles. The molecule has 6 heteroatoms. The van der Waals surface area contributed by atoms with Crippen molar-refractivity contribution in [3.8, 4) is 0 Å². The maximum atomic E-state index is 12.5. The Morgan fingerprint density at radius 2 is 0.689 bits per heavy atom. The zero-order valence-corrected chi connectivity index (χ0v) is 49.8. The molecule has 2 unspecified atom stereocenters. The topological polar surface area (TPSA) is 95.9 Å². The highest BCUT2D eigenvalue weighted by molar-refractivity contribution is 5.76. The Kier molecular flexibility index (Phi) is 62.0. The zero-order valence-electron chi connectivity index (χ0n) is 49.8. The molecule has 0 saturated heterocycles. The first-order valence-corrected chi connectivity index (χ1v) is 33.2. The van der Waals surface area contributed by atoms with E-state index in [0.717, 1.165) is 51.4 Å². The maximum Gasteiger partial charge on any atom is 0.305 e. The van der Waals surface area contributed by atoms with Crippen LogP contribution in [-0.4, -0.2) is 47.4 Å². The highest BCUT2D eigenvalue weighted by atomic mass is 16.5. The first-order valence-electron chi connectivity index (χ1n) is 33.2. The fourth-order valence-corrected chi connectivity index (χ4v) is 10.3. The third-order valence-corrected chi connectivity index (χ3v) is 15.4. The summed E-state index contributed by atoms with van der Waals surface area (Å²) in [6.45, 7) is 4.92. The van der Waals surface area contributed by atoms with Gasteiger partial charge in [-0.3, -0.25) is 9.59 Å². The van der Waals surface area contributed by atoms with E-state index in [1.165, 1.54) is 276 Å². The summed E-state index contributed by atoms with van der Waals surface area (Å²) >= 11 is 0. The summed E-state index contributed by atoms with van der Waals surface area (Å²) in [6, 6.07) is -0.538. The first-order chi connectivity index (χ1) is 36.5. The normalized spacial score (nSPS) is 12.8. The number of aliphatic hydroxyl groups excluding tert-OH is 2. The number of carbonyl (C=O) groups excluding carboxylic acids is 2. The molecule has 0 heterocycles. The molecule has 436 valence electrons. The molecule has 0 rings (SSSR count). The fourth-order valence-electron chi connectivity index (χ4n) is 10.3. The van der Waals surface area contributed by atoms with Crippen molar-refractivity contribution in [3.05, 3.63) is 36.5 Å². The standard InChI is InChI=1S/C68H129NO5/c1-3-5-7-9-11-13-40-44-48-52-56-60-66(71)65(64-70)69-67(72)61-57-53-49-45-42-38-36-34-32-30-28-26-24-22-20-18-16-15-17-19-21-23-25-27-29-31-33-35-37-39-43-47-51-55-59-63-74-68(73)62-58-54-50-46-41-14-12-10-8-6-4-2/h10,12,17,19,23,25,65-66,70-71H,3-9,11,13-16,18,20-22,24,26-64H2,1-2H3,(H,69,72)/b12-10-,19-17-,25-23-. The minimum Gasteiger partial charge on any atom is -0.466 e. The van der Waals surface area contributed by atoms with Gasteiger partial charge in [0.15, 0.2) is 0 Å². The van der Waals surface area contributed by atoms with Gasteiger partial charge in [0, 0.05) is 12.8 Å². The number of amides is 1. The summed E-state index contributed by atoms with van der Waals surface area (Å²) in [5.41, 5.74) is 0. The molecule has 74 heavy (non-hydrogen) atoms. The van der Waals surface area contributed by atoms with E-state index in [4.69, 9.17) is 4.74 Å². The second kappa shape index (κ2) is 63.6. The number of allylic oxidation sites excluding steroid dienone is 6. The van der Waals surface area contributed by atoms with E-state index < -0.39 is 12.1 Å². The summed E-state index contributed by atoms with van der Waals surface area (Å²) < 4.78 is 5.46. The first kappa shape index (κ1) is 72.1. The van der Waals surface area contributed by atoms with Gasteiger partial charge in [0.1, 0.15) is 0 Å². The van der Waals surface area contributed by atoms with E-state index in [1.807, 2.05) is 0 Å². The van der Waals surface area contributed by atoms with Crippen LogP contribution < -0.4 is 5.32 Å². The number of aliphatic hydroxyl groups is 2. The van der Waals surface area contributed by atoms with E-state index >= 15 is 0 Å². The van der Waals surface area contributed by atoms with E-state index in [9.17, 15) is 19.8 Å². The third kappa shape index (κ3) is 59.3. The van der Waals surface area contributed by atoms with Crippen LogP contribution in [0.3, 0.4) is 0 Å². The predicted octanol–water partition coefficient (Wildman–Crippen LogP) is 21.1. The van der Waals surface area contributed by atoms with Crippen molar-refractivity contribution in [1.29, 1.82) is 0 Å². The van der Waals surface area contributed by atoms with E-state index in [2.05, 4.69) is 55.6 Å². The molecule has 6 nitrogen and oxygen atoms in total. The average molecular weight is 1040 g/mol. The summed E-state index contributed by atoms with van der Waals surface area (Å²) in [5, 5.41) is 23.2. The number of nitrogens with one attached hydrogen (secondary N) is 1. The van der Waals surface area contributed by atoms with Gasteiger partial charge in [0.25, 0.3) is 0 Å². The Morgan fingerprint density at radius 3 is 1.08 bits per heavy atom. The van der Waals surface area contributed by atoms with Crippen molar-refractivity contribution in [1.82, 2.24) is 5.32 Å². The average Bonchev–Trinajstić information content (AvgIpc) is 3.40. The number of esters is 1. The minimum absolute atomic E-state index is 0.00560. The predicted molar refractivity (Wildman–Crippen MR) is 324 cm³/mol. The Morgan fingerprint density at radius 1 is 0.378 bits per heavy atom. The van der Waals surface area contributed by atoms with Gasteiger partial charge in [-0.25, -0.2) is 0 Å². The van der Waals surface area contributed by atoms with Gasteiger partial charge in [0.05, 0.1) is 25.4 Å². The molecule has 0 fully saturated rings. The van der Waals surface area contributed by atoms with Gasteiger partial charge >= 0.3 is 5.97 Å². The fraction of sp³-hybridized carbons (Fsp3) is 0.882. The molecule has 0 aromatic heterocycles. The molecule has 1 amide bonds. The van der Waals surface area contributed by atoms with E-state index in [1.54, 1.807) is 0 Å². The smallest absolute Gasteiger partial charge is 0.305 e. The van der Waals surface area contributed by atoms with Crippen LogP contribution in [0.25, 0.3) is 0 Å². The van der Waals surface area contributed by atoms with Gasteiger partial charge in [-0.1, -0.05) is 307 Å². The molecular formula is C68H129NO5. The molecule has 0 aliphatic heterocycles. The number of carbonyl (C=O) groups is 2. The molecule has 3 N–H and O–H groups in total. The molecule has 2 atom stereocenters. The lowest BCUT2D eigenvalue weighted by Crippen LogP contribution is -2.45. The number of rotatable bonds is 62. The minimum atomic E-state index is -0.661. The highest BCUT2D eigenvalue weighted by Crippen LogP contribution is 2.18. The van der Waals surface area contributed by atoms with E-state index in [-0.39, 0.29) is 18.5 Å². The van der Waals surface area contributed by atoms with Crippen molar-refractivity contribution in [2.24, 2.45) is 0 Å². The van der Waals surface area contributed by atoms with Crippen LogP contribution in [0.2, 0.25) is 0 Å². The van der Waals surface area contributed by atoms with Crippen LogP contribution in [0, 0.1) is 0 Å². The summed E-state index contributed by atoms with van der Waals surface area (Å²) in [4.78, 5) is 24.4. The number of hydrogen-bond acceptors (Lipinski definition) is 5. The quantitative estimate of drug-likeness (QED) is 0.0320. The van der Waals surface area contributed by atoms with Gasteiger partial charge in [0.2, 0.25) is 5.91 Å². The molecule has 0 aliphatic carbocycles. The van der Waals surface area contributed by atoms with Gasteiger partial charge in [-0.05, 0) is 77.0 Å². The van der Waals surface area contributed by atoms with Crippen LogP contribution in [-0.2, 0) is 14.3 Å². The van der Waals surface area contributed by atoms with Crippen LogP contribution in [0.1, 0.15) is 361 Å². The lowest BCUT2D eigenvalue weighted by Gasteiger charge is -2.22. The Bertz CT molecular complexity index is 1200. The molecule has 0 saturated carbocycles. The van der Waals surface area contributed by atoms with Crippen LogP contribution >= 0.6 is 0 Å². The molecule has 0 aromatic rings. The zero-order chi connectivity index (χ0) is 53.6. The van der Waals surface area contributed by atoms with Crippen molar-refractivity contribution in [2.45, 2.75) is 373 Å². The molecule has 0 aliphatic rings. The lowest BCUT2D eigenvalue weighted by atomic mass is 10.0. The summed E-state index contributed by atoms with van der Waals surface area (Å²) in [6.07, 6.45) is 80.5. The summed E-state index contributed by atoms with van der Waals surface area (Å²) in [5.74, 6) is -0.0268.